The highest BCUT2D eigenvalue weighted by Gasteiger charge is 2.44. The molecule has 1 aromatic heterocycles. The van der Waals surface area contributed by atoms with E-state index in [1.807, 2.05) is 32.9 Å². The molecule has 0 bridgehead atoms. The first-order valence-electron chi connectivity index (χ1n) is 9.49. The van der Waals surface area contributed by atoms with Crippen molar-refractivity contribution in [3.8, 4) is 0 Å². The molecule has 26 heavy (non-hydrogen) atoms. The largest absolute Gasteiger partial charge is 0.528 e. The van der Waals surface area contributed by atoms with Crippen molar-refractivity contribution < 1.29 is 19.5 Å². The summed E-state index contributed by atoms with van der Waals surface area (Å²) in [7, 11) is 0. The highest BCUT2D eigenvalue weighted by atomic mass is 16.8. The van der Waals surface area contributed by atoms with Gasteiger partial charge in [0.15, 0.2) is 0 Å². The van der Waals surface area contributed by atoms with Crippen LogP contribution in [-0.2, 0) is 15.2 Å². The molecular weight excluding hydrogens is 332 g/mol. The van der Waals surface area contributed by atoms with E-state index in [4.69, 9.17) is 9.57 Å². The van der Waals surface area contributed by atoms with Crippen molar-refractivity contribution in [3.63, 3.8) is 0 Å². The van der Waals surface area contributed by atoms with E-state index in [-0.39, 0.29) is 5.41 Å². The van der Waals surface area contributed by atoms with Crippen LogP contribution in [0.2, 0.25) is 0 Å². The highest BCUT2D eigenvalue weighted by molar-refractivity contribution is 5.60. The van der Waals surface area contributed by atoms with Gasteiger partial charge in [0, 0.05) is 31.0 Å². The summed E-state index contributed by atoms with van der Waals surface area (Å²) < 4.78 is 5.21. The second kappa shape index (κ2) is 7.16. The maximum absolute atomic E-state index is 11.8. The number of carbonyl (C=O) groups is 1. The van der Waals surface area contributed by atoms with Crippen molar-refractivity contribution in [2.75, 3.05) is 13.1 Å². The molecule has 1 saturated carbocycles. The van der Waals surface area contributed by atoms with Crippen LogP contribution in [0.15, 0.2) is 24.5 Å². The van der Waals surface area contributed by atoms with Crippen LogP contribution in [0.3, 0.4) is 0 Å². The number of hydroxylamine groups is 2. The summed E-state index contributed by atoms with van der Waals surface area (Å²) in [6, 6.07) is 3.84. The van der Waals surface area contributed by atoms with Gasteiger partial charge in [-0.25, -0.2) is 4.79 Å². The van der Waals surface area contributed by atoms with Crippen LogP contribution in [-0.4, -0.2) is 40.0 Å². The minimum Gasteiger partial charge on any atom is -0.427 e. The van der Waals surface area contributed by atoms with E-state index in [0.717, 1.165) is 44.1 Å². The molecule has 144 valence electrons. The second-order valence-electron chi connectivity index (χ2n) is 8.76. The van der Waals surface area contributed by atoms with Gasteiger partial charge in [-0.3, -0.25) is 4.98 Å². The molecule has 1 aliphatic heterocycles. The summed E-state index contributed by atoms with van der Waals surface area (Å²) in [6.07, 6.45) is 8.29. The third-order valence-electron chi connectivity index (χ3n) is 5.71. The van der Waals surface area contributed by atoms with Crippen LogP contribution in [0.1, 0.15) is 64.9 Å². The topological polar surface area (TPSA) is 71.9 Å². The van der Waals surface area contributed by atoms with Crippen LogP contribution < -0.4 is 0 Å². The molecule has 0 unspecified atom stereocenters. The van der Waals surface area contributed by atoms with Gasteiger partial charge in [-0.05, 0) is 70.8 Å². The number of nitrogens with zero attached hydrogens (tertiary/aromatic N) is 2. The maximum atomic E-state index is 11.8. The van der Waals surface area contributed by atoms with Crippen molar-refractivity contribution in [1.29, 1.82) is 0 Å². The van der Waals surface area contributed by atoms with Crippen LogP contribution in [0.5, 0.6) is 0 Å². The number of aromatic nitrogens is 1. The summed E-state index contributed by atoms with van der Waals surface area (Å²) >= 11 is 0. The lowest BCUT2D eigenvalue weighted by Crippen LogP contribution is -2.45. The number of carbonyl (C=O) groups excluding carboxylic acids is 1. The second-order valence-corrected chi connectivity index (χ2v) is 8.76. The predicted molar refractivity (Wildman–Crippen MR) is 97.2 cm³/mol. The van der Waals surface area contributed by atoms with E-state index in [1.54, 1.807) is 17.5 Å². The Kier molecular flexibility index (Phi) is 5.26. The Balaban J connectivity index is 1.50. The van der Waals surface area contributed by atoms with Gasteiger partial charge in [0.1, 0.15) is 5.60 Å². The molecular formula is C20H30N2O4. The van der Waals surface area contributed by atoms with E-state index in [2.05, 4.69) is 4.98 Å². The first-order chi connectivity index (χ1) is 12.2. The Morgan fingerprint density at radius 2 is 1.81 bits per heavy atom. The first-order valence-corrected chi connectivity index (χ1v) is 9.49. The number of aliphatic hydroxyl groups is 1. The van der Waals surface area contributed by atoms with Gasteiger partial charge in [0.2, 0.25) is 0 Å². The molecule has 6 nitrogen and oxygen atoms in total. The van der Waals surface area contributed by atoms with Gasteiger partial charge >= 0.3 is 6.16 Å². The first kappa shape index (κ1) is 19.1. The van der Waals surface area contributed by atoms with Crippen LogP contribution in [0.25, 0.3) is 0 Å². The number of ether oxygens (including phenoxy) is 1. The fraction of sp³-hybridized carbons (Fsp3) is 0.700. The van der Waals surface area contributed by atoms with Gasteiger partial charge < -0.3 is 14.7 Å². The lowest BCUT2D eigenvalue weighted by atomic mass is 9.63. The Morgan fingerprint density at radius 3 is 2.35 bits per heavy atom. The molecule has 0 atom stereocenters. The predicted octanol–water partition coefficient (Wildman–Crippen LogP) is 3.79. The molecule has 0 aromatic carbocycles. The zero-order chi connectivity index (χ0) is 18.8. The van der Waals surface area contributed by atoms with E-state index in [9.17, 15) is 9.90 Å². The van der Waals surface area contributed by atoms with Crippen molar-refractivity contribution in [3.05, 3.63) is 30.1 Å². The monoisotopic (exact) mass is 362 g/mol. The van der Waals surface area contributed by atoms with Crippen LogP contribution >= 0.6 is 0 Å². The summed E-state index contributed by atoms with van der Waals surface area (Å²) in [5, 5.41) is 12.7. The summed E-state index contributed by atoms with van der Waals surface area (Å²) in [4.78, 5) is 21.3. The molecule has 1 aliphatic carbocycles. The molecule has 2 aliphatic rings. The van der Waals surface area contributed by atoms with Crippen molar-refractivity contribution in [2.24, 2.45) is 5.41 Å². The molecule has 0 amide bonds. The van der Waals surface area contributed by atoms with Crippen LogP contribution in [0, 0.1) is 5.41 Å². The lowest BCUT2D eigenvalue weighted by Gasteiger charge is -2.47. The van der Waals surface area contributed by atoms with Crippen molar-refractivity contribution in [1.82, 2.24) is 10.0 Å². The van der Waals surface area contributed by atoms with Gasteiger partial charge in [-0.1, -0.05) is 6.07 Å². The van der Waals surface area contributed by atoms with E-state index in [0.29, 0.717) is 13.1 Å². The third-order valence-corrected chi connectivity index (χ3v) is 5.71. The molecule has 2 fully saturated rings. The van der Waals surface area contributed by atoms with E-state index >= 15 is 0 Å². The summed E-state index contributed by atoms with van der Waals surface area (Å²) in [6.45, 7) is 6.90. The Hall–Kier alpha value is -1.66. The van der Waals surface area contributed by atoms with Gasteiger partial charge in [0.05, 0.1) is 5.60 Å². The summed E-state index contributed by atoms with van der Waals surface area (Å²) in [5.41, 5.74) is -0.152. The SMILES string of the molecule is CC(C)(C)OC(=O)ON1CCC2(CC1)CCC(O)(c1cccnc1)CC2. The van der Waals surface area contributed by atoms with Crippen molar-refractivity contribution >= 4 is 6.16 Å². The number of pyridine rings is 1. The Morgan fingerprint density at radius 1 is 1.15 bits per heavy atom. The molecule has 1 aromatic rings. The van der Waals surface area contributed by atoms with E-state index in [1.165, 1.54) is 0 Å². The minimum atomic E-state index is -0.760. The average Bonchev–Trinajstić information content (AvgIpc) is 2.59. The molecule has 1 spiro atoms. The minimum absolute atomic E-state index is 0.238. The van der Waals surface area contributed by atoms with Crippen LogP contribution in [0.4, 0.5) is 4.79 Å². The Bertz CT molecular complexity index is 608. The normalized spacial score (nSPS) is 22.8. The fourth-order valence-electron chi connectivity index (χ4n) is 4.05. The zero-order valence-corrected chi connectivity index (χ0v) is 16.0. The number of rotatable bonds is 2. The Labute approximate surface area is 155 Å². The quantitative estimate of drug-likeness (QED) is 0.807. The smallest absolute Gasteiger partial charge is 0.427 e. The average molecular weight is 362 g/mol. The van der Waals surface area contributed by atoms with E-state index < -0.39 is 17.4 Å². The molecule has 2 heterocycles. The number of piperidine rings is 1. The number of hydrogen-bond acceptors (Lipinski definition) is 6. The lowest BCUT2D eigenvalue weighted by molar-refractivity contribution is -0.171. The zero-order valence-electron chi connectivity index (χ0n) is 16.0. The molecule has 0 radical (unpaired) electrons. The fourth-order valence-corrected chi connectivity index (χ4v) is 4.05. The van der Waals surface area contributed by atoms with Gasteiger partial charge in [-0.2, -0.15) is 0 Å². The van der Waals surface area contributed by atoms with Gasteiger partial charge in [0.25, 0.3) is 0 Å². The standard InChI is InChI=1S/C20H30N2O4/c1-18(2,3)25-17(23)26-22-13-10-19(11-14-22)6-8-20(24,9-7-19)16-5-4-12-21-15-16/h4-5,12,15,24H,6-11,13-14H2,1-3H3. The molecule has 3 rings (SSSR count). The van der Waals surface area contributed by atoms with Crippen molar-refractivity contribution in [2.45, 2.75) is 70.5 Å². The maximum Gasteiger partial charge on any atom is 0.528 e. The number of hydrogen-bond donors (Lipinski definition) is 1. The molecule has 6 heteroatoms. The third kappa shape index (κ3) is 4.54. The molecule has 1 saturated heterocycles. The summed E-state index contributed by atoms with van der Waals surface area (Å²) in [5.74, 6) is 0. The highest BCUT2D eigenvalue weighted by Crippen LogP contribution is 2.50. The van der Waals surface area contributed by atoms with Gasteiger partial charge in [-0.15, -0.1) is 5.06 Å². The molecule has 1 N–H and O–H groups in total.